The maximum atomic E-state index is 12.5. The van der Waals surface area contributed by atoms with Crippen molar-refractivity contribution in [1.29, 1.82) is 0 Å². The van der Waals surface area contributed by atoms with Crippen LogP contribution in [0.2, 0.25) is 0 Å². The molecule has 2 amide bonds. The molecule has 0 N–H and O–H groups in total. The third-order valence-corrected chi connectivity index (χ3v) is 3.96. The summed E-state index contributed by atoms with van der Waals surface area (Å²) in [5, 5.41) is 0. The Morgan fingerprint density at radius 3 is 2.47 bits per heavy atom. The van der Waals surface area contributed by atoms with E-state index in [4.69, 9.17) is 0 Å². The minimum absolute atomic E-state index is 0.126. The average Bonchev–Trinajstić information content (AvgIpc) is 2.54. The zero-order valence-corrected chi connectivity index (χ0v) is 12.7. The van der Waals surface area contributed by atoms with Crippen LogP contribution in [0.3, 0.4) is 0 Å². The molecule has 0 saturated carbocycles. The molecule has 4 heteroatoms. The second kappa shape index (κ2) is 4.93. The molecule has 1 saturated heterocycles. The van der Waals surface area contributed by atoms with Gasteiger partial charge in [-0.15, -0.1) is 0 Å². The summed E-state index contributed by atoms with van der Waals surface area (Å²) in [7, 11) is 0. The van der Waals surface area contributed by atoms with Crippen LogP contribution >= 0.6 is 15.9 Å². The summed E-state index contributed by atoms with van der Waals surface area (Å²) in [6.45, 7) is 7.72. The topological polar surface area (TPSA) is 37.4 Å². The number of hydrogen-bond acceptors (Lipinski definition) is 2. The van der Waals surface area contributed by atoms with E-state index in [0.29, 0.717) is 6.54 Å². The summed E-state index contributed by atoms with van der Waals surface area (Å²) in [5.74, 6) is -0.263. The molecular formula is C15H16BrNO2. The second-order valence-electron chi connectivity index (χ2n) is 5.26. The Labute approximate surface area is 121 Å². The summed E-state index contributed by atoms with van der Waals surface area (Å²) in [4.78, 5) is 25.9. The molecular weight excluding hydrogens is 306 g/mol. The molecule has 100 valence electrons. The number of nitrogens with zero attached hydrogens (tertiary/aromatic N) is 1. The van der Waals surface area contributed by atoms with Crippen LogP contribution in [0.15, 0.2) is 40.9 Å². The molecule has 0 aliphatic carbocycles. The third kappa shape index (κ3) is 2.50. The molecule has 1 fully saturated rings. The zero-order valence-electron chi connectivity index (χ0n) is 11.1. The number of carbonyl (C=O) groups excluding carboxylic acids is 2. The minimum atomic E-state index is -0.757. The van der Waals surface area contributed by atoms with Crippen LogP contribution in [0.4, 0.5) is 0 Å². The number of imide groups is 1. The Hall–Kier alpha value is -1.42. The Morgan fingerprint density at radius 1 is 1.37 bits per heavy atom. The Bertz CT molecular complexity index is 550. The molecule has 0 radical (unpaired) electrons. The third-order valence-electron chi connectivity index (χ3n) is 3.43. The number of hydrogen-bond donors (Lipinski definition) is 0. The highest BCUT2D eigenvalue weighted by atomic mass is 79.9. The number of benzene rings is 1. The highest BCUT2D eigenvalue weighted by molar-refractivity contribution is 9.10. The van der Waals surface area contributed by atoms with E-state index in [1.807, 2.05) is 38.1 Å². The quantitative estimate of drug-likeness (QED) is 0.634. The van der Waals surface area contributed by atoms with Crippen molar-refractivity contribution >= 4 is 27.7 Å². The van der Waals surface area contributed by atoms with Gasteiger partial charge < -0.3 is 0 Å². The van der Waals surface area contributed by atoms with Crippen molar-refractivity contribution in [2.45, 2.75) is 25.7 Å². The van der Waals surface area contributed by atoms with Crippen LogP contribution in [0.1, 0.15) is 25.8 Å². The molecule has 0 aromatic heterocycles. The van der Waals surface area contributed by atoms with Gasteiger partial charge in [-0.3, -0.25) is 14.5 Å². The van der Waals surface area contributed by atoms with E-state index in [2.05, 4.69) is 22.5 Å². The molecule has 0 bridgehead atoms. The molecule has 1 aromatic carbocycles. The van der Waals surface area contributed by atoms with Crippen LogP contribution in [-0.2, 0) is 15.0 Å². The van der Waals surface area contributed by atoms with Gasteiger partial charge in [0.25, 0.3) is 0 Å². The fourth-order valence-electron chi connectivity index (χ4n) is 2.36. The zero-order chi connectivity index (χ0) is 14.2. The molecule has 19 heavy (non-hydrogen) atoms. The molecule has 1 heterocycles. The van der Waals surface area contributed by atoms with Crippen LogP contribution in [-0.4, -0.2) is 23.3 Å². The van der Waals surface area contributed by atoms with E-state index >= 15 is 0 Å². The predicted molar refractivity (Wildman–Crippen MR) is 77.6 cm³/mol. The van der Waals surface area contributed by atoms with Gasteiger partial charge in [-0.05, 0) is 31.5 Å². The van der Waals surface area contributed by atoms with Crippen molar-refractivity contribution in [3.8, 4) is 0 Å². The van der Waals surface area contributed by atoms with E-state index in [9.17, 15) is 9.59 Å². The van der Waals surface area contributed by atoms with Crippen molar-refractivity contribution in [2.24, 2.45) is 0 Å². The smallest absolute Gasteiger partial charge is 0.240 e. The standard InChI is InChI=1S/C15H16BrNO2/c1-10(2)9-17-13(18)8-15(3,14(17)19)11-4-6-12(16)7-5-11/h4-7H,1,8-9H2,2-3H3/t15-/m0/s1. The first-order valence-corrected chi connectivity index (χ1v) is 6.89. The average molecular weight is 322 g/mol. The van der Waals surface area contributed by atoms with E-state index in [0.717, 1.165) is 15.6 Å². The molecule has 2 rings (SSSR count). The Kier molecular flexibility index (Phi) is 3.63. The van der Waals surface area contributed by atoms with E-state index < -0.39 is 5.41 Å². The van der Waals surface area contributed by atoms with Gasteiger partial charge in [-0.1, -0.05) is 40.2 Å². The number of likely N-dealkylation sites (tertiary alicyclic amines) is 1. The molecule has 1 aliphatic rings. The minimum Gasteiger partial charge on any atom is -0.278 e. The number of amides is 2. The second-order valence-corrected chi connectivity index (χ2v) is 6.17. The van der Waals surface area contributed by atoms with Gasteiger partial charge in [0.1, 0.15) is 0 Å². The first kappa shape index (κ1) is 14.0. The van der Waals surface area contributed by atoms with E-state index in [1.165, 1.54) is 4.90 Å². The molecule has 1 aliphatic heterocycles. The summed E-state index contributed by atoms with van der Waals surface area (Å²) in [5.41, 5.74) is 0.924. The number of halogens is 1. The van der Waals surface area contributed by atoms with Gasteiger partial charge in [0.2, 0.25) is 11.8 Å². The number of carbonyl (C=O) groups is 2. The van der Waals surface area contributed by atoms with Crippen LogP contribution in [0, 0.1) is 0 Å². The summed E-state index contributed by atoms with van der Waals surface area (Å²) < 4.78 is 0.954. The predicted octanol–water partition coefficient (Wildman–Crippen LogP) is 3.04. The fourth-order valence-corrected chi connectivity index (χ4v) is 2.62. The van der Waals surface area contributed by atoms with Gasteiger partial charge in [0.15, 0.2) is 0 Å². The first-order chi connectivity index (χ1) is 8.84. The van der Waals surface area contributed by atoms with Crippen LogP contribution in [0.25, 0.3) is 0 Å². The molecule has 1 atom stereocenters. The lowest BCUT2D eigenvalue weighted by molar-refractivity contribution is -0.139. The lowest BCUT2D eigenvalue weighted by atomic mass is 9.81. The normalized spacial score (nSPS) is 23.0. The maximum Gasteiger partial charge on any atom is 0.240 e. The molecule has 0 spiro atoms. The lowest BCUT2D eigenvalue weighted by Crippen LogP contribution is -2.37. The lowest BCUT2D eigenvalue weighted by Gasteiger charge is -2.22. The Morgan fingerprint density at radius 2 is 1.95 bits per heavy atom. The highest BCUT2D eigenvalue weighted by Gasteiger charge is 2.48. The first-order valence-electron chi connectivity index (χ1n) is 6.10. The maximum absolute atomic E-state index is 12.5. The van der Waals surface area contributed by atoms with Gasteiger partial charge >= 0.3 is 0 Å². The van der Waals surface area contributed by atoms with Crippen LogP contribution < -0.4 is 0 Å². The summed E-state index contributed by atoms with van der Waals surface area (Å²) in [6, 6.07) is 7.55. The highest BCUT2D eigenvalue weighted by Crippen LogP contribution is 2.36. The largest absolute Gasteiger partial charge is 0.278 e. The Balaban J connectivity index is 2.35. The van der Waals surface area contributed by atoms with Gasteiger partial charge in [-0.25, -0.2) is 0 Å². The monoisotopic (exact) mass is 321 g/mol. The van der Waals surface area contributed by atoms with Crippen LogP contribution in [0.5, 0.6) is 0 Å². The van der Waals surface area contributed by atoms with Crippen molar-refractivity contribution < 1.29 is 9.59 Å². The van der Waals surface area contributed by atoms with E-state index in [-0.39, 0.29) is 18.2 Å². The van der Waals surface area contributed by atoms with Crippen molar-refractivity contribution in [3.63, 3.8) is 0 Å². The summed E-state index contributed by atoms with van der Waals surface area (Å²) in [6.07, 6.45) is 0.223. The molecule has 3 nitrogen and oxygen atoms in total. The van der Waals surface area contributed by atoms with Gasteiger partial charge in [0, 0.05) is 17.4 Å². The van der Waals surface area contributed by atoms with Gasteiger partial charge in [-0.2, -0.15) is 0 Å². The van der Waals surface area contributed by atoms with Crippen molar-refractivity contribution in [3.05, 3.63) is 46.5 Å². The molecule has 0 unspecified atom stereocenters. The van der Waals surface area contributed by atoms with Crippen molar-refractivity contribution in [1.82, 2.24) is 4.90 Å². The fraction of sp³-hybridized carbons (Fsp3) is 0.333. The van der Waals surface area contributed by atoms with Crippen molar-refractivity contribution in [2.75, 3.05) is 6.54 Å². The SMILES string of the molecule is C=C(C)CN1C(=O)C[C@@](C)(c2ccc(Br)cc2)C1=O. The van der Waals surface area contributed by atoms with Gasteiger partial charge in [0.05, 0.1) is 5.41 Å². The van der Waals surface area contributed by atoms with E-state index in [1.54, 1.807) is 0 Å². The number of rotatable bonds is 3. The molecule has 1 aromatic rings. The summed E-state index contributed by atoms with van der Waals surface area (Å²) >= 11 is 3.37.